The highest BCUT2D eigenvalue weighted by Crippen LogP contribution is 2.18. The van der Waals surface area contributed by atoms with Crippen LogP contribution in [0.1, 0.15) is 42.6 Å². The van der Waals surface area contributed by atoms with Crippen molar-refractivity contribution in [3.8, 4) is 0 Å². The molecule has 0 aliphatic carbocycles. The summed E-state index contributed by atoms with van der Waals surface area (Å²) in [5.74, 6) is -0.825. The third-order valence-electron chi connectivity index (χ3n) is 4.04. The van der Waals surface area contributed by atoms with Crippen LogP contribution < -0.4 is 10.9 Å². The van der Waals surface area contributed by atoms with Crippen molar-refractivity contribution in [2.45, 2.75) is 39.7 Å². The Bertz CT molecular complexity index is 637. The van der Waals surface area contributed by atoms with Crippen LogP contribution in [0.3, 0.4) is 0 Å². The monoisotopic (exact) mass is 347 g/mol. The molecule has 2 N–H and O–H groups in total. The summed E-state index contributed by atoms with van der Waals surface area (Å²) in [7, 11) is 0. The van der Waals surface area contributed by atoms with Crippen LogP contribution in [0.25, 0.3) is 0 Å². The average molecular weight is 347 g/mol. The summed E-state index contributed by atoms with van der Waals surface area (Å²) >= 11 is 0. The summed E-state index contributed by atoms with van der Waals surface area (Å²) < 4.78 is 5.15. The topological polar surface area (TPSA) is 87.7 Å². The zero-order valence-electron chi connectivity index (χ0n) is 14.9. The molecule has 0 saturated carbocycles. The number of ether oxygens (including phenoxy) is 1. The van der Waals surface area contributed by atoms with Gasteiger partial charge in [0.15, 0.2) is 0 Å². The lowest BCUT2D eigenvalue weighted by Gasteiger charge is -2.31. The number of hydrazine groups is 1. The molecular weight excluding hydrogens is 322 g/mol. The Hall–Kier alpha value is -2.57. The molecule has 3 amide bonds. The fourth-order valence-electron chi connectivity index (χ4n) is 2.68. The smallest absolute Gasteiger partial charge is 0.410 e. The van der Waals surface area contributed by atoms with E-state index < -0.39 is 0 Å². The number of amides is 3. The lowest BCUT2D eigenvalue weighted by Crippen LogP contribution is -2.48. The predicted molar refractivity (Wildman–Crippen MR) is 92.7 cm³/mol. The van der Waals surface area contributed by atoms with Crippen LogP contribution in [0.5, 0.6) is 0 Å². The van der Waals surface area contributed by atoms with Crippen molar-refractivity contribution in [2.24, 2.45) is 5.92 Å². The number of piperidine rings is 1. The molecule has 0 bridgehead atoms. The molecule has 1 aromatic carbocycles. The second-order valence-electron chi connectivity index (χ2n) is 6.51. The van der Waals surface area contributed by atoms with Crippen molar-refractivity contribution in [1.29, 1.82) is 0 Å². The number of carbonyl (C=O) groups excluding carboxylic acids is 3. The number of aryl methyl sites for hydroxylation is 1. The number of likely N-dealkylation sites (tertiary alicyclic amines) is 1. The average Bonchev–Trinajstić information content (AvgIpc) is 2.59. The molecule has 0 aromatic heterocycles. The molecule has 25 heavy (non-hydrogen) atoms. The largest absolute Gasteiger partial charge is 0.447 e. The minimum Gasteiger partial charge on any atom is -0.447 e. The highest BCUT2D eigenvalue weighted by molar-refractivity contribution is 5.95. The van der Waals surface area contributed by atoms with Crippen LogP contribution in [0.2, 0.25) is 0 Å². The van der Waals surface area contributed by atoms with E-state index in [1.807, 2.05) is 13.0 Å². The van der Waals surface area contributed by atoms with Gasteiger partial charge in [0.05, 0.1) is 6.10 Å². The van der Waals surface area contributed by atoms with E-state index in [-0.39, 0.29) is 29.9 Å². The SMILES string of the molecule is Cc1cccc(C(=O)NNC(=O)C2CCN(C(=O)OC(C)C)CC2)c1. The summed E-state index contributed by atoms with van der Waals surface area (Å²) in [4.78, 5) is 37.7. The van der Waals surface area contributed by atoms with E-state index in [4.69, 9.17) is 4.74 Å². The van der Waals surface area contributed by atoms with Crippen LogP contribution in [0.4, 0.5) is 4.79 Å². The van der Waals surface area contributed by atoms with Gasteiger partial charge in [-0.25, -0.2) is 4.79 Å². The number of carbonyl (C=O) groups is 3. The van der Waals surface area contributed by atoms with Crippen molar-refractivity contribution in [3.05, 3.63) is 35.4 Å². The standard InChI is InChI=1S/C18H25N3O4/c1-12(2)25-18(24)21-9-7-14(8-10-21)16(22)19-20-17(23)15-6-4-5-13(3)11-15/h4-6,11-12,14H,7-10H2,1-3H3,(H,19,22)(H,20,23). The number of hydrogen-bond acceptors (Lipinski definition) is 4. The molecule has 0 spiro atoms. The first-order valence-electron chi connectivity index (χ1n) is 8.49. The molecule has 1 saturated heterocycles. The maximum atomic E-state index is 12.2. The van der Waals surface area contributed by atoms with Gasteiger partial charge in [0.1, 0.15) is 0 Å². The molecule has 1 aliphatic heterocycles. The minimum absolute atomic E-state index is 0.162. The first kappa shape index (κ1) is 18.8. The maximum absolute atomic E-state index is 12.2. The van der Waals surface area contributed by atoms with Crippen LogP contribution >= 0.6 is 0 Å². The summed E-state index contributed by atoms with van der Waals surface area (Å²) in [5.41, 5.74) is 6.38. The quantitative estimate of drug-likeness (QED) is 0.819. The minimum atomic E-state index is -0.352. The highest BCUT2D eigenvalue weighted by Gasteiger charge is 2.28. The summed E-state index contributed by atoms with van der Waals surface area (Å²) in [5, 5.41) is 0. The van der Waals surface area contributed by atoms with Gasteiger partial charge in [0.2, 0.25) is 5.91 Å². The Morgan fingerprint density at radius 3 is 2.44 bits per heavy atom. The van der Waals surface area contributed by atoms with Gasteiger partial charge in [-0.2, -0.15) is 0 Å². The molecule has 2 rings (SSSR count). The molecule has 1 fully saturated rings. The molecule has 0 radical (unpaired) electrons. The van der Waals surface area contributed by atoms with E-state index in [1.54, 1.807) is 36.9 Å². The third kappa shape index (κ3) is 5.48. The van der Waals surface area contributed by atoms with Crippen LogP contribution in [0, 0.1) is 12.8 Å². The lowest BCUT2D eigenvalue weighted by molar-refractivity contribution is -0.127. The fourth-order valence-corrected chi connectivity index (χ4v) is 2.68. The van der Waals surface area contributed by atoms with Crippen LogP contribution in [-0.2, 0) is 9.53 Å². The van der Waals surface area contributed by atoms with Gasteiger partial charge >= 0.3 is 6.09 Å². The van der Waals surface area contributed by atoms with E-state index in [0.29, 0.717) is 31.5 Å². The maximum Gasteiger partial charge on any atom is 0.410 e. The molecule has 0 atom stereocenters. The van der Waals surface area contributed by atoms with Crippen molar-refractivity contribution in [1.82, 2.24) is 15.8 Å². The number of rotatable bonds is 3. The van der Waals surface area contributed by atoms with Gasteiger partial charge in [0, 0.05) is 24.6 Å². The van der Waals surface area contributed by atoms with Crippen molar-refractivity contribution < 1.29 is 19.1 Å². The van der Waals surface area contributed by atoms with E-state index in [9.17, 15) is 14.4 Å². The fraction of sp³-hybridized carbons (Fsp3) is 0.500. The zero-order valence-corrected chi connectivity index (χ0v) is 14.9. The van der Waals surface area contributed by atoms with Gasteiger partial charge in [-0.15, -0.1) is 0 Å². The number of nitrogens with one attached hydrogen (secondary N) is 2. The van der Waals surface area contributed by atoms with E-state index in [1.165, 1.54) is 0 Å². The molecule has 0 unspecified atom stereocenters. The summed E-state index contributed by atoms with van der Waals surface area (Å²) in [6.07, 6.45) is 0.575. The number of benzene rings is 1. The molecule has 136 valence electrons. The van der Waals surface area contributed by atoms with Gasteiger partial charge in [0.25, 0.3) is 5.91 Å². The molecule has 1 aliphatic rings. The molecular formula is C18H25N3O4. The summed E-state index contributed by atoms with van der Waals surface area (Å²) in [6.45, 7) is 6.43. The molecule has 1 heterocycles. The van der Waals surface area contributed by atoms with E-state index in [2.05, 4.69) is 10.9 Å². The summed E-state index contributed by atoms with van der Waals surface area (Å²) in [6, 6.07) is 7.12. The number of hydrogen-bond donors (Lipinski definition) is 2. The highest BCUT2D eigenvalue weighted by atomic mass is 16.6. The Morgan fingerprint density at radius 2 is 1.84 bits per heavy atom. The second-order valence-corrected chi connectivity index (χ2v) is 6.51. The van der Waals surface area contributed by atoms with Crippen LogP contribution in [-0.4, -0.2) is 42.0 Å². The van der Waals surface area contributed by atoms with Gasteiger partial charge in [-0.05, 0) is 45.7 Å². The Morgan fingerprint density at radius 1 is 1.16 bits per heavy atom. The van der Waals surface area contributed by atoms with E-state index >= 15 is 0 Å². The van der Waals surface area contributed by atoms with Crippen molar-refractivity contribution in [3.63, 3.8) is 0 Å². The van der Waals surface area contributed by atoms with Crippen LogP contribution in [0.15, 0.2) is 24.3 Å². The molecule has 7 heteroatoms. The third-order valence-corrected chi connectivity index (χ3v) is 4.04. The van der Waals surface area contributed by atoms with Gasteiger partial charge in [-0.1, -0.05) is 17.7 Å². The lowest BCUT2D eigenvalue weighted by atomic mass is 9.96. The first-order valence-corrected chi connectivity index (χ1v) is 8.49. The molecule has 7 nitrogen and oxygen atoms in total. The Labute approximate surface area is 147 Å². The van der Waals surface area contributed by atoms with Gasteiger partial charge in [-0.3, -0.25) is 20.4 Å². The Kier molecular flexibility index (Phi) is 6.38. The predicted octanol–water partition coefficient (Wildman–Crippen LogP) is 2.01. The molecule has 1 aromatic rings. The van der Waals surface area contributed by atoms with Crippen molar-refractivity contribution >= 4 is 17.9 Å². The normalized spacial score (nSPS) is 15.0. The zero-order chi connectivity index (χ0) is 18.4. The van der Waals surface area contributed by atoms with Gasteiger partial charge < -0.3 is 9.64 Å². The first-order chi connectivity index (χ1) is 11.9. The van der Waals surface area contributed by atoms with Crippen molar-refractivity contribution in [2.75, 3.05) is 13.1 Å². The Balaban J connectivity index is 1.77. The number of nitrogens with zero attached hydrogens (tertiary/aromatic N) is 1. The second kappa shape index (κ2) is 8.50. The van der Waals surface area contributed by atoms with E-state index in [0.717, 1.165) is 5.56 Å².